The van der Waals surface area contributed by atoms with Gasteiger partial charge in [0.15, 0.2) is 5.82 Å². The first-order valence-electron chi connectivity index (χ1n) is 8.45. The van der Waals surface area contributed by atoms with E-state index in [1.54, 1.807) is 43.8 Å². The summed E-state index contributed by atoms with van der Waals surface area (Å²) in [4.78, 5) is 26.8. The van der Waals surface area contributed by atoms with Crippen LogP contribution < -0.4 is 4.90 Å². The number of rotatable bonds is 6. The number of aliphatic carboxylic acids is 1. The number of ether oxygens (including phenoxy) is 1. The van der Waals surface area contributed by atoms with Crippen LogP contribution in [0.3, 0.4) is 0 Å². The van der Waals surface area contributed by atoms with Crippen molar-refractivity contribution in [1.29, 1.82) is 0 Å². The number of hydrogen-bond acceptors (Lipinski definition) is 7. The number of aromatic nitrogens is 4. The Bertz CT molecular complexity index is 1050. The molecule has 142 valence electrons. The third kappa shape index (κ3) is 3.75. The lowest BCUT2D eigenvalue weighted by Crippen LogP contribution is -2.24. The molecule has 0 amide bonds. The van der Waals surface area contributed by atoms with Crippen molar-refractivity contribution in [2.75, 3.05) is 18.7 Å². The van der Waals surface area contributed by atoms with Crippen LogP contribution in [0.2, 0.25) is 0 Å². The zero-order valence-electron chi connectivity index (χ0n) is 15.0. The minimum Gasteiger partial charge on any atom is -0.478 e. The molecule has 28 heavy (non-hydrogen) atoms. The Morgan fingerprint density at radius 1 is 1.29 bits per heavy atom. The highest BCUT2D eigenvalue weighted by molar-refractivity contribution is 7.99. The van der Waals surface area contributed by atoms with Gasteiger partial charge in [0.1, 0.15) is 11.8 Å². The van der Waals surface area contributed by atoms with E-state index < -0.39 is 5.97 Å². The highest BCUT2D eigenvalue weighted by Gasteiger charge is 2.25. The van der Waals surface area contributed by atoms with Crippen LogP contribution in [-0.4, -0.2) is 44.4 Å². The van der Waals surface area contributed by atoms with Gasteiger partial charge in [0.25, 0.3) is 0 Å². The Balaban J connectivity index is 1.61. The van der Waals surface area contributed by atoms with Gasteiger partial charge in [-0.2, -0.15) is 0 Å². The fourth-order valence-corrected chi connectivity index (χ4v) is 3.91. The third-order valence-electron chi connectivity index (χ3n) is 4.10. The quantitative estimate of drug-likeness (QED) is 0.637. The van der Waals surface area contributed by atoms with Crippen LogP contribution in [0.1, 0.15) is 11.3 Å². The molecule has 8 nitrogen and oxygen atoms in total. The molecule has 3 heterocycles. The monoisotopic (exact) mass is 395 g/mol. The molecule has 0 aliphatic carbocycles. The van der Waals surface area contributed by atoms with Gasteiger partial charge < -0.3 is 14.4 Å². The van der Waals surface area contributed by atoms with Gasteiger partial charge >= 0.3 is 5.97 Å². The molecule has 0 spiro atoms. The van der Waals surface area contributed by atoms with Crippen LogP contribution in [0, 0.1) is 0 Å². The highest BCUT2D eigenvalue weighted by atomic mass is 32.2. The standard InChI is InChI=1S/C19H17N5O3S/c1-27-12-24-15-8-13(9-23-10-14(22-11-23)3-5-17(25)26)2-4-16(15)28-19-18(24)20-6-7-21-19/h2-8,10-11H,9,12H2,1H3,(H,25,26)/b5-3+. The van der Waals surface area contributed by atoms with Gasteiger partial charge in [0.2, 0.25) is 0 Å². The van der Waals surface area contributed by atoms with E-state index in [4.69, 9.17) is 9.84 Å². The Labute approximate surface area is 165 Å². The summed E-state index contributed by atoms with van der Waals surface area (Å²) < 4.78 is 7.29. The first kappa shape index (κ1) is 18.2. The molecule has 0 bridgehead atoms. The number of imidazole rings is 1. The molecule has 0 unspecified atom stereocenters. The molecule has 4 rings (SSSR count). The van der Waals surface area contributed by atoms with E-state index in [1.807, 2.05) is 9.47 Å². The van der Waals surface area contributed by atoms with Gasteiger partial charge in [-0.05, 0) is 23.8 Å². The molecule has 1 aromatic carbocycles. The second-order valence-corrected chi connectivity index (χ2v) is 7.11. The van der Waals surface area contributed by atoms with Crippen molar-refractivity contribution in [2.24, 2.45) is 0 Å². The lowest BCUT2D eigenvalue weighted by Gasteiger charge is -2.30. The fourth-order valence-electron chi connectivity index (χ4n) is 2.93. The molecular weight excluding hydrogens is 378 g/mol. The SMILES string of the molecule is COCN1c2cc(Cn3cnc(/C=C/C(=O)O)c3)ccc2Sc2nccnc21. The number of carboxylic acid groups (broad SMARTS) is 1. The Hall–Kier alpha value is -3.17. The Morgan fingerprint density at radius 2 is 2.14 bits per heavy atom. The minimum absolute atomic E-state index is 0.373. The number of methoxy groups -OCH3 is 1. The summed E-state index contributed by atoms with van der Waals surface area (Å²) in [5.74, 6) is -0.217. The number of carbonyl (C=O) groups is 1. The molecule has 0 saturated heterocycles. The second kappa shape index (κ2) is 7.83. The van der Waals surface area contributed by atoms with E-state index >= 15 is 0 Å². The summed E-state index contributed by atoms with van der Waals surface area (Å²) >= 11 is 1.59. The molecule has 0 atom stereocenters. The zero-order valence-corrected chi connectivity index (χ0v) is 15.8. The van der Waals surface area contributed by atoms with Gasteiger partial charge in [-0.25, -0.2) is 19.7 Å². The van der Waals surface area contributed by atoms with E-state index in [-0.39, 0.29) is 0 Å². The van der Waals surface area contributed by atoms with E-state index in [0.717, 1.165) is 33.1 Å². The number of anilines is 2. The van der Waals surface area contributed by atoms with Crippen molar-refractivity contribution < 1.29 is 14.6 Å². The van der Waals surface area contributed by atoms with E-state index in [0.29, 0.717) is 19.0 Å². The number of benzene rings is 1. The van der Waals surface area contributed by atoms with Crippen molar-refractivity contribution >= 4 is 35.3 Å². The lowest BCUT2D eigenvalue weighted by molar-refractivity contribution is -0.131. The summed E-state index contributed by atoms with van der Waals surface area (Å²) in [6, 6.07) is 6.23. The maximum atomic E-state index is 10.6. The number of hydrogen-bond donors (Lipinski definition) is 1. The second-order valence-electron chi connectivity index (χ2n) is 6.08. The average molecular weight is 395 g/mol. The van der Waals surface area contributed by atoms with Crippen LogP contribution in [0.5, 0.6) is 0 Å². The maximum Gasteiger partial charge on any atom is 0.328 e. The molecule has 1 aliphatic heterocycles. The topological polar surface area (TPSA) is 93.4 Å². The third-order valence-corrected chi connectivity index (χ3v) is 5.14. The molecule has 1 N–H and O–H groups in total. The van der Waals surface area contributed by atoms with Gasteiger partial charge in [-0.15, -0.1) is 0 Å². The van der Waals surface area contributed by atoms with Crippen molar-refractivity contribution in [3.63, 3.8) is 0 Å². The first-order valence-corrected chi connectivity index (χ1v) is 9.27. The van der Waals surface area contributed by atoms with Crippen molar-refractivity contribution in [3.8, 4) is 0 Å². The molecule has 0 fully saturated rings. The van der Waals surface area contributed by atoms with Gasteiger partial charge in [0, 0.05) is 43.2 Å². The molecule has 1 aliphatic rings. The molecule has 3 aromatic rings. The number of fused-ring (bicyclic) bond motifs is 2. The van der Waals surface area contributed by atoms with Gasteiger partial charge in [0.05, 0.1) is 17.7 Å². The molecule has 0 radical (unpaired) electrons. The maximum absolute atomic E-state index is 10.6. The van der Waals surface area contributed by atoms with Crippen LogP contribution >= 0.6 is 11.8 Å². The predicted octanol–water partition coefficient (Wildman–Crippen LogP) is 3.03. The Morgan fingerprint density at radius 3 is 2.96 bits per heavy atom. The van der Waals surface area contributed by atoms with E-state index in [9.17, 15) is 4.79 Å². The lowest BCUT2D eigenvalue weighted by atomic mass is 10.2. The largest absolute Gasteiger partial charge is 0.478 e. The van der Waals surface area contributed by atoms with Crippen LogP contribution in [0.4, 0.5) is 11.5 Å². The summed E-state index contributed by atoms with van der Waals surface area (Å²) in [6.45, 7) is 0.984. The summed E-state index contributed by atoms with van der Waals surface area (Å²) in [6.07, 6.45) is 9.40. The summed E-state index contributed by atoms with van der Waals surface area (Å²) in [5.41, 5.74) is 2.70. The number of nitrogens with zero attached hydrogens (tertiary/aromatic N) is 5. The summed E-state index contributed by atoms with van der Waals surface area (Å²) in [5, 5.41) is 9.57. The highest BCUT2D eigenvalue weighted by Crippen LogP contribution is 2.46. The Kier molecular flexibility index (Phi) is 5.09. The molecule has 2 aromatic heterocycles. The van der Waals surface area contributed by atoms with Crippen molar-refractivity contribution in [3.05, 3.63) is 60.5 Å². The predicted molar refractivity (Wildman–Crippen MR) is 105 cm³/mol. The minimum atomic E-state index is -0.997. The normalized spacial score (nSPS) is 12.8. The van der Waals surface area contributed by atoms with Gasteiger partial charge in [-0.1, -0.05) is 17.8 Å². The van der Waals surface area contributed by atoms with Crippen LogP contribution in [-0.2, 0) is 16.1 Å². The molecule has 0 saturated carbocycles. The summed E-state index contributed by atoms with van der Waals surface area (Å²) in [7, 11) is 1.65. The number of carboxylic acids is 1. The van der Waals surface area contributed by atoms with E-state index in [2.05, 4.69) is 33.2 Å². The average Bonchev–Trinajstić information content (AvgIpc) is 3.14. The first-order chi connectivity index (χ1) is 13.6. The van der Waals surface area contributed by atoms with E-state index in [1.165, 1.54) is 6.08 Å². The van der Waals surface area contributed by atoms with Crippen molar-refractivity contribution in [1.82, 2.24) is 19.5 Å². The van der Waals surface area contributed by atoms with Gasteiger partial charge in [-0.3, -0.25) is 4.90 Å². The zero-order chi connectivity index (χ0) is 19.5. The molecular formula is C19H17N5O3S. The van der Waals surface area contributed by atoms with Crippen molar-refractivity contribution in [2.45, 2.75) is 16.5 Å². The fraction of sp³-hybridized carbons (Fsp3) is 0.158. The smallest absolute Gasteiger partial charge is 0.328 e. The van der Waals surface area contributed by atoms with Crippen LogP contribution in [0.15, 0.2) is 59.1 Å². The van der Waals surface area contributed by atoms with Crippen LogP contribution in [0.25, 0.3) is 6.08 Å². The molecule has 9 heteroatoms.